The van der Waals surface area contributed by atoms with E-state index in [1.807, 2.05) is 31.3 Å². The van der Waals surface area contributed by atoms with Gasteiger partial charge in [-0.2, -0.15) is 0 Å². The van der Waals surface area contributed by atoms with Gasteiger partial charge in [-0.05, 0) is 63.7 Å². The van der Waals surface area contributed by atoms with Crippen molar-refractivity contribution in [1.82, 2.24) is 19.9 Å². The van der Waals surface area contributed by atoms with Crippen molar-refractivity contribution in [3.05, 3.63) is 82.8 Å². The van der Waals surface area contributed by atoms with Crippen LogP contribution in [0.4, 0.5) is 11.6 Å². The summed E-state index contributed by atoms with van der Waals surface area (Å²) in [4.78, 5) is 41.8. The summed E-state index contributed by atoms with van der Waals surface area (Å²) in [5, 5.41) is 3.41. The molecule has 0 fully saturated rings. The second-order valence-corrected chi connectivity index (χ2v) is 12.0. The van der Waals surface area contributed by atoms with Crippen LogP contribution in [-0.4, -0.2) is 59.8 Å². The Morgan fingerprint density at radius 1 is 1.02 bits per heavy atom. The number of ether oxygens (including phenoxy) is 1. The zero-order valence-corrected chi connectivity index (χ0v) is 24.7. The predicted molar refractivity (Wildman–Crippen MR) is 159 cm³/mol. The Morgan fingerprint density at radius 2 is 1.71 bits per heavy atom. The minimum Gasteiger partial charge on any atom is -0.449 e. The van der Waals surface area contributed by atoms with Crippen molar-refractivity contribution in [2.24, 2.45) is 0 Å². The average Bonchev–Trinajstić information content (AvgIpc) is 2.94. The number of carbonyl (C=O) groups is 2. The lowest BCUT2D eigenvalue weighted by Crippen LogP contribution is -2.34. The highest BCUT2D eigenvalue weighted by atomic mass is 32.2. The first-order valence-electron chi connectivity index (χ1n) is 13.6. The standard InChI is InChI=1S/C30H32N6O5S/c1-5-26(41-29(38)27-22-8-6-7-9-24(22)34-25-14-15-36(4)17-23(25)27)28(37)33-20-10-12-21(13-11-20)42(39,40)35-30-31-18(2)16-19(3)32-30/h6-13,16,26H,5,14-15,17H2,1-4H3,(H,33,37)(H,31,32,35). The van der Waals surface area contributed by atoms with Crippen LogP contribution in [0, 0.1) is 13.8 Å². The third kappa shape index (κ3) is 6.24. The number of pyridine rings is 1. The molecular formula is C30H32N6O5S. The van der Waals surface area contributed by atoms with Gasteiger partial charge >= 0.3 is 5.97 Å². The maximum absolute atomic E-state index is 13.6. The molecule has 218 valence electrons. The van der Waals surface area contributed by atoms with Crippen LogP contribution in [0.3, 0.4) is 0 Å². The third-order valence-electron chi connectivity index (χ3n) is 6.99. The number of anilines is 2. The zero-order chi connectivity index (χ0) is 30.0. The molecule has 0 radical (unpaired) electrons. The molecule has 1 amide bonds. The smallest absolute Gasteiger partial charge is 0.340 e. The zero-order valence-electron chi connectivity index (χ0n) is 23.8. The van der Waals surface area contributed by atoms with Gasteiger partial charge in [0.25, 0.3) is 15.9 Å². The Kier molecular flexibility index (Phi) is 8.19. The number of hydrogen-bond donors (Lipinski definition) is 2. The van der Waals surface area contributed by atoms with E-state index in [1.165, 1.54) is 24.3 Å². The maximum Gasteiger partial charge on any atom is 0.340 e. The molecular weight excluding hydrogens is 556 g/mol. The van der Waals surface area contributed by atoms with E-state index >= 15 is 0 Å². The van der Waals surface area contributed by atoms with Crippen molar-refractivity contribution in [3.8, 4) is 0 Å². The van der Waals surface area contributed by atoms with Gasteiger partial charge in [0.05, 0.1) is 16.0 Å². The predicted octanol–water partition coefficient (Wildman–Crippen LogP) is 4.00. The largest absolute Gasteiger partial charge is 0.449 e. The van der Waals surface area contributed by atoms with E-state index in [-0.39, 0.29) is 17.3 Å². The monoisotopic (exact) mass is 588 g/mol. The molecule has 4 aromatic rings. The minimum atomic E-state index is -3.95. The average molecular weight is 589 g/mol. The molecule has 12 heteroatoms. The van der Waals surface area contributed by atoms with Crippen LogP contribution in [0.5, 0.6) is 0 Å². The van der Waals surface area contributed by atoms with Gasteiger partial charge in [-0.3, -0.25) is 9.78 Å². The van der Waals surface area contributed by atoms with Crippen molar-refractivity contribution < 1.29 is 22.7 Å². The molecule has 42 heavy (non-hydrogen) atoms. The second kappa shape index (κ2) is 11.8. The molecule has 0 aliphatic carbocycles. The molecule has 0 saturated heterocycles. The summed E-state index contributed by atoms with van der Waals surface area (Å²) in [6, 6.07) is 14.8. The summed E-state index contributed by atoms with van der Waals surface area (Å²) in [6.45, 7) is 6.64. The molecule has 11 nitrogen and oxygen atoms in total. The number of nitrogens with zero attached hydrogens (tertiary/aromatic N) is 4. The third-order valence-corrected chi connectivity index (χ3v) is 8.34. The van der Waals surface area contributed by atoms with Crippen LogP contribution in [0.15, 0.2) is 59.5 Å². The van der Waals surface area contributed by atoms with E-state index in [9.17, 15) is 18.0 Å². The van der Waals surface area contributed by atoms with E-state index in [0.717, 1.165) is 17.8 Å². The van der Waals surface area contributed by atoms with E-state index in [0.29, 0.717) is 46.5 Å². The lowest BCUT2D eigenvalue weighted by molar-refractivity contribution is -0.124. The first kappa shape index (κ1) is 29.1. The number of para-hydroxylation sites is 1. The Balaban J connectivity index is 1.31. The number of sulfonamides is 1. The minimum absolute atomic E-state index is 0.0210. The van der Waals surface area contributed by atoms with Crippen LogP contribution in [0.25, 0.3) is 10.9 Å². The highest BCUT2D eigenvalue weighted by molar-refractivity contribution is 7.92. The fourth-order valence-corrected chi connectivity index (χ4v) is 5.90. The molecule has 2 aromatic heterocycles. The normalized spacial score (nSPS) is 14.2. The summed E-state index contributed by atoms with van der Waals surface area (Å²) < 4.78 is 33.8. The van der Waals surface area contributed by atoms with Crippen LogP contribution in [0.2, 0.25) is 0 Å². The summed E-state index contributed by atoms with van der Waals surface area (Å²) in [6.07, 6.45) is -0.101. The topological polar surface area (TPSA) is 143 Å². The fourth-order valence-electron chi connectivity index (χ4n) is 4.96. The molecule has 1 atom stereocenters. The first-order valence-corrected chi connectivity index (χ1v) is 15.1. The van der Waals surface area contributed by atoms with Crippen molar-refractivity contribution in [1.29, 1.82) is 0 Å². The highest BCUT2D eigenvalue weighted by Gasteiger charge is 2.29. The van der Waals surface area contributed by atoms with Crippen molar-refractivity contribution in [3.63, 3.8) is 0 Å². The van der Waals surface area contributed by atoms with Crippen LogP contribution in [-0.2, 0) is 32.5 Å². The Morgan fingerprint density at radius 3 is 2.40 bits per heavy atom. The molecule has 5 rings (SSSR count). The maximum atomic E-state index is 13.6. The van der Waals surface area contributed by atoms with E-state index in [4.69, 9.17) is 9.72 Å². The number of amides is 1. The molecule has 0 spiro atoms. The lowest BCUT2D eigenvalue weighted by atomic mass is 9.96. The molecule has 2 aromatic carbocycles. The number of fused-ring (bicyclic) bond motifs is 2. The molecule has 1 aliphatic rings. The van der Waals surface area contributed by atoms with Gasteiger partial charge in [0.2, 0.25) is 5.95 Å². The number of rotatable bonds is 8. The van der Waals surface area contributed by atoms with Crippen LogP contribution < -0.4 is 10.0 Å². The summed E-state index contributed by atoms with van der Waals surface area (Å²) >= 11 is 0. The molecule has 0 bridgehead atoms. The molecule has 1 unspecified atom stereocenters. The Bertz CT molecular complexity index is 1760. The quantitative estimate of drug-likeness (QED) is 0.292. The van der Waals surface area contributed by atoms with Crippen molar-refractivity contribution >= 4 is 44.4 Å². The number of esters is 1. The van der Waals surface area contributed by atoms with Gasteiger partial charge in [-0.1, -0.05) is 25.1 Å². The summed E-state index contributed by atoms with van der Waals surface area (Å²) in [7, 11) is -1.97. The number of hydrogen-bond acceptors (Lipinski definition) is 9. The number of benzene rings is 2. The number of nitrogens with one attached hydrogen (secondary N) is 2. The van der Waals surface area contributed by atoms with Gasteiger partial charge in [-0.15, -0.1) is 0 Å². The molecule has 0 saturated carbocycles. The van der Waals surface area contributed by atoms with Gasteiger partial charge in [0.15, 0.2) is 6.10 Å². The van der Waals surface area contributed by atoms with Crippen molar-refractivity contribution in [2.75, 3.05) is 23.6 Å². The summed E-state index contributed by atoms with van der Waals surface area (Å²) in [5.74, 6) is -1.12. The number of likely N-dealkylation sites (N-methyl/N-ethyl adjacent to an activating group) is 1. The highest BCUT2D eigenvalue weighted by Crippen LogP contribution is 2.29. The van der Waals surface area contributed by atoms with E-state index < -0.39 is 28.0 Å². The van der Waals surface area contributed by atoms with Crippen LogP contribution in [0.1, 0.15) is 46.3 Å². The fraction of sp³-hybridized carbons (Fsp3) is 0.300. The lowest BCUT2D eigenvalue weighted by Gasteiger charge is -2.27. The Hall–Kier alpha value is -4.42. The van der Waals surface area contributed by atoms with Gasteiger partial charge in [0, 0.05) is 53.2 Å². The van der Waals surface area contributed by atoms with E-state index in [2.05, 4.69) is 24.9 Å². The molecule has 1 aliphatic heterocycles. The number of aromatic nitrogens is 3. The second-order valence-electron chi connectivity index (χ2n) is 10.3. The molecule has 3 heterocycles. The number of aryl methyl sites for hydroxylation is 2. The Labute approximate surface area is 244 Å². The number of carbonyl (C=O) groups excluding carboxylic acids is 2. The summed E-state index contributed by atoms with van der Waals surface area (Å²) in [5.41, 5.74) is 4.44. The first-order chi connectivity index (χ1) is 20.0. The van der Waals surface area contributed by atoms with Gasteiger partial charge in [0.1, 0.15) is 0 Å². The van der Waals surface area contributed by atoms with E-state index in [1.54, 1.807) is 26.8 Å². The van der Waals surface area contributed by atoms with Gasteiger partial charge < -0.3 is 15.0 Å². The van der Waals surface area contributed by atoms with Crippen LogP contribution >= 0.6 is 0 Å². The van der Waals surface area contributed by atoms with Crippen molar-refractivity contribution in [2.45, 2.75) is 51.2 Å². The van der Waals surface area contributed by atoms with Gasteiger partial charge in [-0.25, -0.2) is 27.9 Å². The SMILES string of the molecule is CCC(OC(=O)c1c2c(nc3ccccc13)CCN(C)C2)C(=O)Nc1ccc(S(=O)(=O)Nc2nc(C)cc(C)n2)cc1. The molecule has 2 N–H and O–H groups in total.